The molecule has 0 fully saturated rings. The van der Waals surface area contributed by atoms with Gasteiger partial charge in [-0.05, 0) is 29.8 Å². The Bertz CT molecular complexity index is 1020. The lowest BCUT2D eigenvalue weighted by atomic mass is 10.1. The molecule has 0 saturated heterocycles. The molecule has 0 saturated carbocycles. The van der Waals surface area contributed by atoms with Crippen LogP contribution in [0.5, 0.6) is 5.75 Å². The number of nitrogens with zero attached hydrogens (tertiary/aromatic N) is 1. The molecule has 0 aliphatic rings. The number of methoxy groups -OCH3 is 1. The van der Waals surface area contributed by atoms with Crippen LogP contribution in [0.15, 0.2) is 88.7 Å². The molecule has 4 aromatic rings. The molecule has 0 N–H and O–H groups in total. The van der Waals surface area contributed by atoms with Crippen molar-refractivity contribution < 1.29 is 4.74 Å². The summed E-state index contributed by atoms with van der Waals surface area (Å²) in [5.41, 5.74) is 3.72. The van der Waals surface area contributed by atoms with Crippen molar-refractivity contribution in [2.45, 2.75) is 9.79 Å². The Morgan fingerprint density at radius 1 is 0.840 bits per heavy atom. The zero-order valence-electron chi connectivity index (χ0n) is 14.3. The van der Waals surface area contributed by atoms with E-state index in [4.69, 9.17) is 4.74 Å². The number of fused-ring (bicyclic) bond motifs is 1. The van der Waals surface area contributed by atoms with Gasteiger partial charge in [-0.25, -0.2) is 0 Å². The van der Waals surface area contributed by atoms with Crippen LogP contribution in [0.4, 0.5) is 0 Å². The first-order chi connectivity index (χ1) is 12.3. The van der Waals surface area contributed by atoms with Crippen LogP contribution >= 0.6 is 11.8 Å². The maximum atomic E-state index is 5.38. The van der Waals surface area contributed by atoms with Gasteiger partial charge in [0.05, 0.1) is 12.8 Å². The highest BCUT2D eigenvalue weighted by molar-refractivity contribution is 7.99. The number of benzene rings is 3. The van der Waals surface area contributed by atoms with Crippen LogP contribution in [0.1, 0.15) is 0 Å². The molecule has 3 heteroatoms. The van der Waals surface area contributed by atoms with E-state index in [1.54, 1.807) is 18.9 Å². The molecule has 3 aromatic carbocycles. The topological polar surface area (TPSA) is 14.2 Å². The van der Waals surface area contributed by atoms with Gasteiger partial charge in [-0.3, -0.25) is 0 Å². The van der Waals surface area contributed by atoms with Gasteiger partial charge in [0.15, 0.2) is 0 Å². The fourth-order valence-corrected chi connectivity index (χ4v) is 4.36. The van der Waals surface area contributed by atoms with Crippen molar-refractivity contribution in [3.05, 3.63) is 78.9 Å². The molecule has 0 unspecified atom stereocenters. The number of hydrogen-bond donors (Lipinski definition) is 0. The molecule has 0 spiro atoms. The second kappa shape index (κ2) is 6.69. The maximum absolute atomic E-state index is 5.38. The molecule has 4 rings (SSSR count). The SMILES string of the molecule is COc1cccc(Sc2c(-c3ccccc3)n(C)c3ccccc23)c1. The normalized spacial score (nSPS) is 11.0. The Kier molecular flexibility index (Phi) is 4.24. The molecule has 25 heavy (non-hydrogen) atoms. The Hall–Kier alpha value is -2.65. The zero-order valence-corrected chi connectivity index (χ0v) is 15.1. The second-order valence-corrected chi connectivity index (χ2v) is 6.98. The smallest absolute Gasteiger partial charge is 0.119 e. The van der Waals surface area contributed by atoms with Crippen molar-refractivity contribution in [1.82, 2.24) is 4.57 Å². The lowest BCUT2D eigenvalue weighted by Gasteiger charge is -2.09. The Morgan fingerprint density at radius 2 is 1.60 bits per heavy atom. The molecule has 124 valence electrons. The summed E-state index contributed by atoms with van der Waals surface area (Å²) in [5, 5.41) is 1.27. The summed E-state index contributed by atoms with van der Waals surface area (Å²) in [6.45, 7) is 0. The van der Waals surface area contributed by atoms with Crippen LogP contribution in [0, 0.1) is 0 Å². The lowest BCUT2D eigenvalue weighted by molar-refractivity contribution is 0.413. The van der Waals surface area contributed by atoms with Crippen molar-refractivity contribution >= 4 is 22.7 Å². The number of hydrogen-bond acceptors (Lipinski definition) is 2. The molecular weight excluding hydrogens is 326 g/mol. The summed E-state index contributed by atoms with van der Waals surface area (Å²) in [6.07, 6.45) is 0. The average Bonchev–Trinajstić information content (AvgIpc) is 2.95. The first-order valence-electron chi connectivity index (χ1n) is 8.22. The van der Waals surface area contributed by atoms with E-state index in [0.29, 0.717) is 0 Å². The van der Waals surface area contributed by atoms with E-state index in [9.17, 15) is 0 Å². The van der Waals surface area contributed by atoms with Crippen LogP contribution < -0.4 is 4.74 Å². The standard InChI is InChI=1S/C22H19NOS/c1-23-20-14-7-6-13-19(20)22(21(23)16-9-4-3-5-10-16)25-18-12-8-11-17(15-18)24-2/h3-15H,1-2H3. The van der Waals surface area contributed by atoms with Gasteiger partial charge in [0.2, 0.25) is 0 Å². The van der Waals surface area contributed by atoms with E-state index in [0.717, 1.165) is 5.75 Å². The summed E-state index contributed by atoms with van der Waals surface area (Å²) in [5.74, 6) is 0.881. The van der Waals surface area contributed by atoms with Gasteiger partial charge in [0.1, 0.15) is 5.75 Å². The van der Waals surface area contributed by atoms with Gasteiger partial charge in [-0.2, -0.15) is 0 Å². The van der Waals surface area contributed by atoms with Gasteiger partial charge in [-0.15, -0.1) is 0 Å². The van der Waals surface area contributed by atoms with Crippen molar-refractivity contribution in [2.24, 2.45) is 7.05 Å². The number of aromatic nitrogens is 1. The summed E-state index contributed by atoms with van der Waals surface area (Å²) < 4.78 is 7.67. The Morgan fingerprint density at radius 3 is 2.40 bits per heavy atom. The van der Waals surface area contributed by atoms with E-state index in [-0.39, 0.29) is 0 Å². The molecule has 1 aromatic heterocycles. The minimum atomic E-state index is 0.881. The number of aryl methyl sites for hydroxylation is 1. The van der Waals surface area contributed by atoms with Gasteiger partial charge in [0.25, 0.3) is 0 Å². The summed E-state index contributed by atoms with van der Waals surface area (Å²) in [7, 11) is 3.84. The highest BCUT2D eigenvalue weighted by Gasteiger charge is 2.17. The second-order valence-electron chi connectivity index (χ2n) is 5.90. The molecule has 0 bridgehead atoms. The third-order valence-electron chi connectivity index (χ3n) is 4.37. The van der Waals surface area contributed by atoms with Crippen LogP contribution in [0.3, 0.4) is 0 Å². The highest BCUT2D eigenvalue weighted by atomic mass is 32.2. The first-order valence-corrected chi connectivity index (χ1v) is 9.04. The van der Waals surface area contributed by atoms with Crippen molar-refractivity contribution in [2.75, 3.05) is 7.11 Å². The highest BCUT2D eigenvalue weighted by Crippen LogP contribution is 2.43. The largest absolute Gasteiger partial charge is 0.497 e. The van der Waals surface area contributed by atoms with Gasteiger partial charge < -0.3 is 9.30 Å². The van der Waals surface area contributed by atoms with E-state index in [1.807, 2.05) is 12.1 Å². The average molecular weight is 345 g/mol. The molecule has 0 amide bonds. The van der Waals surface area contributed by atoms with E-state index < -0.39 is 0 Å². The molecule has 0 aliphatic heterocycles. The van der Waals surface area contributed by atoms with Crippen LogP contribution in [0.25, 0.3) is 22.2 Å². The van der Waals surface area contributed by atoms with E-state index in [1.165, 1.54) is 32.0 Å². The van der Waals surface area contributed by atoms with Crippen LogP contribution in [-0.2, 0) is 7.05 Å². The van der Waals surface area contributed by atoms with Crippen LogP contribution in [-0.4, -0.2) is 11.7 Å². The summed E-state index contributed by atoms with van der Waals surface area (Å²) >= 11 is 1.79. The minimum absolute atomic E-state index is 0.881. The third-order valence-corrected chi connectivity index (χ3v) is 5.48. The fraction of sp³-hybridized carbons (Fsp3) is 0.0909. The predicted octanol–water partition coefficient (Wildman–Crippen LogP) is 6.01. The molecule has 0 atom stereocenters. The number of para-hydroxylation sites is 1. The van der Waals surface area contributed by atoms with Gasteiger partial charge >= 0.3 is 0 Å². The van der Waals surface area contributed by atoms with Crippen molar-refractivity contribution in [3.63, 3.8) is 0 Å². The van der Waals surface area contributed by atoms with E-state index in [2.05, 4.69) is 78.3 Å². The number of rotatable bonds is 4. The quantitative estimate of drug-likeness (QED) is 0.450. The Labute approximate surface area is 152 Å². The third kappa shape index (κ3) is 2.92. The molecule has 0 aliphatic carbocycles. The Balaban J connectivity index is 1.92. The first kappa shape index (κ1) is 15.9. The number of ether oxygens (including phenoxy) is 1. The zero-order chi connectivity index (χ0) is 17.2. The van der Waals surface area contributed by atoms with Gasteiger partial charge in [0, 0.05) is 27.7 Å². The van der Waals surface area contributed by atoms with Gasteiger partial charge in [-0.1, -0.05) is 66.4 Å². The van der Waals surface area contributed by atoms with Crippen LogP contribution in [0.2, 0.25) is 0 Å². The molecular formula is C22H19NOS. The summed E-state index contributed by atoms with van der Waals surface area (Å²) in [4.78, 5) is 2.45. The minimum Gasteiger partial charge on any atom is -0.497 e. The maximum Gasteiger partial charge on any atom is 0.119 e. The van der Waals surface area contributed by atoms with Crippen molar-refractivity contribution in [1.29, 1.82) is 0 Å². The molecule has 1 heterocycles. The molecule has 0 radical (unpaired) electrons. The van der Waals surface area contributed by atoms with E-state index >= 15 is 0 Å². The lowest BCUT2D eigenvalue weighted by Crippen LogP contribution is -1.91. The summed E-state index contributed by atoms with van der Waals surface area (Å²) in [6, 6.07) is 27.4. The van der Waals surface area contributed by atoms with Crippen molar-refractivity contribution in [3.8, 4) is 17.0 Å². The monoisotopic (exact) mass is 345 g/mol. The molecule has 2 nitrogen and oxygen atoms in total. The fourth-order valence-electron chi connectivity index (χ4n) is 3.17. The predicted molar refractivity (Wildman–Crippen MR) is 105 cm³/mol.